The van der Waals surface area contributed by atoms with Crippen LogP contribution in [0.15, 0.2) is 49.1 Å². The lowest BCUT2D eigenvalue weighted by atomic mass is 10.0. The first-order valence-electron chi connectivity index (χ1n) is 13.3. The molecule has 3 unspecified atom stereocenters. The highest BCUT2D eigenvalue weighted by atomic mass is 35.5. The van der Waals surface area contributed by atoms with Crippen LogP contribution in [0.5, 0.6) is 5.75 Å². The Hall–Kier alpha value is -4.23. The van der Waals surface area contributed by atoms with Gasteiger partial charge in [0.25, 0.3) is 5.91 Å². The summed E-state index contributed by atoms with van der Waals surface area (Å²) in [7, 11) is 0. The summed E-state index contributed by atoms with van der Waals surface area (Å²) in [4.78, 5) is 31.7. The predicted octanol–water partition coefficient (Wildman–Crippen LogP) is 4.74. The smallest absolute Gasteiger partial charge is 0.410 e. The van der Waals surface area contributed by atoms with Crippen molar-refractivity contribution in [3.05, 3.63) is 59.6 Å². The van der Waals surface area contributed by atoms with Crippen LogP contribution in [-0.2, 0) is 4.74 Å². The summed E-state index contributed by atoms with van der Waals surface area (Å²) in [5.74, 6) is -0.346. The van der Waals surface area contributed by atoms with Crippen molar-refractivity contribution in [2.24, 2.45) is 0 Å². The van der Waals surface area contributed by atoms with Gasteiger partial charge in [-0.05, 0) is 51.5 Å². The van der Waals surface area contributed by atoms with E-state index in [1.807, 2.05) is 0 Å². The van der Waals surface area contributed by atoms with Crippen LogP contribution in [0.1, 0.15) is 50.5 Å². The maximum absolute atomic E-state index is 13.9. The van der Waals surface area contributed by atoms with E-state index in [4.69, 9.17) is 26.2 Å². The number of rotatable bonds is 6. The van der Waals surface area contributed by atoms with Gasteiger partial charge in [-0.15, -0.1) is 0 Å². The zero-order valence-electron chi connectivity index (χ0n) is 23.5. The van der Waals surface area contributed by atoms with Gasteiger partial charge in [-0.2, -0.15) is 10.2 Å². The Labute approximate surface area is 246 Å². The maximum Gasteiger partial charge on any atom is 0.410 e. The fourth-order valence-electron chi connectivity index (χ4n) is 4.71. The fraction of sp³-hybridized carbons (Fsp3) is 0.393. The Bertz CT molecular complexity index is 1620. The van der Waals surface area contributed by atoms with Gasteiger partial charge in [-0.1, -0.05) is 11.6 Å². The van der Waals surface area contributed by atoms with Gasteiger partial charge in [0, 0.05) is 42.6 Å². The lowest BCUT2D eigenvalue weighted by Gasteiger charge is -2.36. The van der Waals surface area contributed by atoms with Crippen molar-refractivity contribution in [3.63, 3.8) is 0 Å². The third kappa shape index (κ3) is 6.31. The normalized spacial score (nSPS) is 18.1. The zero-order chi connectivity index (χ0) is 30.2. The van der Waals surface area contributed by atoms with Gasteiger partial charge in [-0.3, -0.25) is 9.48 Å². The highest BCUT2D eigenvalue weighted by Crippen LogP contribution is 2.38. The van der Waals surface area contributed by atoms with Crippen LogP contribution >= 0.6 is 11.6 Å². The van der Waals surface area contributed by atoms with Crippen molar-refractivity contribution < 1.29 is 28.6 Å². The molecule has 1 saturated heterocycles. The summed E-state index contributed by atoms with van der Waals surface area (Å²) in [6.07, 6.45) is 3.41. The van der Waals surface area contributed by atoms with Gasteiger partial charge >= 0.3 is 6.09 Å². The summed E-state index contributed by atoms with van der Waals surface area (Å²) in [6, 6.07) is 5.77. The first kappa shape index (κ1) is 29.3. The molecule has 0 bridgehead atoms. The van der Waals surface area contributed by atoms with Gasteiger partial charge in [0.1, 0.15) is 22.6 Å². The number of anilines is 1. The third-order valence-electron chi connectivity index (χ3n) is 6.53. The van der Waals surface area contributed by atoms with E-state index in [9.17, 15) is 19.1 Å². The van der Waals surface area contributed by atoms with Crippen molar-refractivity contribution in [3.8, 4) is 17.0 Å². The van der Waals surface area contributed by atoms with Crippen molar-refractivity contribution >= 4 is 34.9 Å². The summed E-state index contributed by atoms with van der Waals surface area (Å²) < 4.78 is 27.8. The van der Waals surface area contributed by atoms with Crippen LogP contribution in [0.25, 0.3) is 16.9 Å². The Morgan fingerprint density at radius 3 is 2.79 bits per heavy atom. The molecule has 4 heterocycles. The van der Waals surface area contributed by atoms with E-state index >= 15 is 0 Å². The molecule has 5 rings (SSSR count). The predicted molar refractivity (Wildman–Crippen MR) is 152 cm³/mol. The van der Waals surface area contributed by atoms with Crippen LogP contribution < -0.4 is 10.1 Å². The minimum Gasteiger partial charge on any atom is -0.460 e. The number of nitrogens with one attached hydrogen (secondary N) is 1. The molecule has 1 fully saturated rings. The third-order valence-corrected chi connectivity index (χ3v) is 6.76. The number of ether oxygens (including phenoxy) is 2. The Balaban J connectivity index is 1.50. The van der Waals surface area contributed by atoms with Crippen LogP contribution in [0, 0.1) is 0 Å². The number of aliphatic hydroxyl groups is 1. The molecule has 3 atom stereocenters. The Morgan fingerprint density at radius 2 is 2.07 bits per heavy atom. The van der Waals surface area contributed by atoms with Gasteiger partial charge in [0.05, 0.1) is 30.6 Å². The largest absolute Gasteiger partial charge is 0.460 e. The number of β-amino-alcohol motifs (C(OH)–C–C–N with tert-alkyl or cyclic N) is 1. The van der Waals surface area contributed by atoms with E-state index in [1.165, 1.54) is 33.3 Å². The number of carbonyl (C=O) groups is 2. The summed E-state index contributed by atoms with van der Waals surface area (Å²) in [6.45, 7) is 6.90. The summed E-state index contributed by atoms with van der Waals surface area (Å²) in [5, 5.41) is 23.1. The molecule has 2 N–H and O–H groups in total. The summed E-state index contributed by atoms with van der Waals surface area (Å²) in [5.41, 5.74) is 0.739. The average Bonchev–Trinajstić information content (AvgIpc) is 3.53. The molecule has 0 spiro atoms. The van der Waals surface area contributed by atoms with Gasteiger partial charge in [0.2, 0.25) is 6.36 Å². The zero-order valence-corrected chi connectivity index (χ0v) is 24.2. The van der Waals surface area contributed by atoms with Gasteiger partial charge < -0.3 is 24.8 Å². The molecule has 12 nitrogen and oxygen atoms in total. The molecule has 1 aliphatic rings. The molecule has 14 heteroatoms. The molecule has 42 heavy (non-hydrogen) atoms. The molecule has 3 aromatic heterocycles. The number of likely N-dealkylation sites (tertiary alicyclic amines) is 1. The lowest BCUT2D eigenvalue weighted by Crippen LogP contribution is -2.48. The van der Waals surface area contributed by atoms with E-state index in [2.05, 4.69) is 15.4 Å². The number of amides is 2. The van der Waals surface area contributed by atoms with Gasteiger partial charge in [0.15, 0.2) is 5.65 Å². The molecule has 222 valence electrons. The molecular formula is C28H31ClFN7O5. The van der Waals surface area contributed by atoms with E-state index in [0.29, 0.717) is 29.2 Å². The standard InChI is InChI=1S/C28H31ClFN7O5/c1-16(30)41-23-7-6-17(29)12-18(23)24-20(33-26(39)19-13-32-36-10-5-9-31-25(19)36)14-37(34-24)21-8-11-35(15-22(21)38)27(40)42-28(2,3)4/h5-7,9-10,12-14,16,21-22,38H,8,11,15H2,1-4H3,(H,33,39). The van der Waals surface area contributed by atoms with E-state index in [-0.39, 0.29) is 29.2 Å². The second kappa shape index (κ2) is 11.6. The number of alkyl halides is 1. The molecule has 2 amide bonds. The molecular weight excluding hydrogens is 569 g/mol. The lowest BCUT2D eigenvalue weighted by molar-refractivity contribution is -0.0118. The van der Waals surface area contributed by atoms with Crippen LogP contribution in [0.2, 0.25) is 5.02 Å². The Kier molecular flexibility index (Phi) is 8.06. The quantitative estimate of drug-likeness (QED) is 0.324. The van der Waals surface area contributed by atoms with Crippen molar-refractivity contribution in [1.29, 1.82) is 0 Å². The van der Waals surface area contributed by atoms with Gasteiger partial charge in [-0.25, -0.2) is 18.7 Å². The number of carbonyl (C=O) groups excluding carboxylic acids is 2. The van der Waals surface area contributed by atoms with Crippen LogP contribution in [0.3, 0.4) is 0 Å². The number of piperidine rings is 1. The minimum absolute atomic E-state index is 0.0232. The average molecular weight is 600 g/mol. The summed E-state index contributed by atoms with van der Waals surface area (Å²) >= 11 is 6.30. The highest BCUT2D eigenvalue weighted by molar-refractivity contribution is 6.31. The fourth-order valence-corrected chi connectivity index (χ4v) is 4.89. The SMILES string of the molecule is CC(F)Oc1ccc(Cl)cc1-c1nn(C2CCN(C(=O)OC(C)(C)C)CC2O)cc1NC(=O)c1cnn2cccnc12. The molecule has 4 aromatic rings. The maximum atomic E-state index is 13.9. The number of aliphatic hydroxyl groups excluding tert-OH is 1. The number of nitrogens with zero attached hydrogens (tertiary/aromatic N) is 6. The number of benzene rings is 1. The van der Waals surface area contributed by atoms with E-state index < -0.39 is 36.1 Å². The number of hydrogen-bond acceptors (Lipinski definition) is 8. The monoisotopic (exact) mass is 599 g/mol. The number of halogens is 2. The number of fused-ring (bicyclic) bond motifs is 1. The topological polar surface area (TPSA) is 136 Å². The van der Waals surface area contributed by atoms with Crippen molar-refractivity contribution in [2.75, 3.05) is 18.4 Å². The molecule has 0 saturated carbocycles. The Morgan fingerprint density at radius 1 is 1.29 bits per heavy atom. The van der Waals surface area contributed by atoms with Crippen molar-refractivity contribution in [1.82, 2.24) is 29.3 Å². The van der Waals surface area contributed by atoms with Crippen LogP contribution in [-0.4, -0.2) is 77.5 Å². The van der Waals surface area contributed by atoms with E-state index in [0.717, 1.165) is 0 Å². The first-order valence-corrected chi connectivity index (χ1v) is 13.7. The second-order valence-corrected chi connectivity index (χ2v) is 11.4. The number of aromatic nitrogens is 5. The number of hydrogen-bond donors (Lipinski definition) is 2. The minimum atomic E-state index is -1.63. The van der Waals surface area contributed by atoms with E-state index in [1.54, 1.807) is 57.6 Å². The van der Waals surface area contributed by atoms with Crippen LogP contribution in [0.4, 0.5) is 14.9 Å². The first-order chi connectivity index (χ1) is 19.9. The molecule has 1 aliphatic heterocycles. The van der Waals surface area contributed by atoms with Crippen molar-refractivity contribution in [2.45, 2.75) is 58.2 Å². The molecule has 0 radical (unpaired) electrons. The molecule has 0 aliphatic carbocycles. The molecule has 1 aromatic carbocycles. The second-order valence-electron chi connectivity index (χ2n) is 10.9. The highest BCUT2D eigenvalue weighted by Gasteiger charge is 2.35.